The van der Waals surface area contributed by atoms with Gasteiger partial charge in [0.15, 0.2) is 0 Å². The summed E-state index contributed by atoms with van der Waals surface area (Å²) >= 11 is 0. The van der Waals surface area contributed by atoms with Gasteiger partial charge in [-0.2, -0.15) is 0 Å². The summed E-state index contributed by atoms with van der Waals surface area (Å²) in [6.07, 6.45) is 1.39. The zero-order valence-electron chi connectivity index (χ0n) is 15.1. The number of nitrogens with one attached hydrogen (secondary N) is 1. The molecule has 1 N–H and O–H groups in total. The van der Waals surface area contributed by atoms with Gasteiger partial charge in [0, 0.05) is 6.54 Å². The zero-order valence-corrected chi connectivity index (χ0v) is 16.7. The number of halogens is 1. The van der Waals surface area contributed by atoms with Gasteiger partial charge >= 0.3 is 0 Å². The van der Waals surface area contributed by atoms with E-state index in [1.807, 2.05) is 0 Å². The Bertz CT molecular complexity index is 1080. The Morgan fingerprint density at radius 1 is 1.07 bits per heavy atom. The standard InChI is InChI=1S/C18H21FN2O4S2/c1-13-11-18(27(24,25)20-16-7-5-6-15(19)12-16)14(2)10-17(13)21-8-3-4-9-26(21,22)23/h5-7,10-12,20H,3-4,8-9H2,1-2H3. The van der Waals surface area contributed by atoms with Crippen molar-refractivity contribution in [1.82, 2.24) is 0 Å². The van der Waals surface area contributed by atoms with Crippen molar-refractivity contribution in [3.63, 3.8) is 0 Å². The quantitative estimate of drug-likeness (QED) is 0.836. The molecule has 1 aliphatic rings. The first-order chi connectivity index (χ1) is 12.6. The first kappa shape index (κ1) is 19.6. The van der Waals surface area contributed by atoms with Crippen LogP contribution in [0.5, 0.6) is 0 Å². The van der Waals surface area contributed by atoms with E-state index in [0.29, 0.717) is 29.8 Å². The van der Waals surface area contributed by atoms with Crippen LogP contribution in [-0.2, 0) is 20.0 Å². The third kappa shape index (κ3) is 4.08. The minimum Gasteiger partial charge on any atom is -0.280 e. The van der Waals surface area contributed by atoms with E-state index in [1.165, 1.54) is 28.6 Å². The number of anilines is 2. The van der Waals surface area contributed by atoms with E-state index in [0.717, 1.165) is 12.5 Å². The topological polar surface area (TPSA) is 83.6 Å². The average molecular weight is 413 g/mol. The van der Waals surface area contributed by atoms with Gasteiger partial charge in [-0.15, -0.1) is 0 Å². The summed E-state index contributed by atoms with van der Waals surface area (Å²) in [5, 5.41) is 0. The van der Waals surface area contributed by atoms with Gasteiger partial charge in [-0.25, -0.2) is 21.2 Å². The van der Waals surface area contributed by atoms with Gasteiger partial charge in [0.2, 0.25) is 10.0 Å². The van der Waals surface area contributed by atoms with Crippen LogP contribution in [-0.4, -0.2) is 29.1 Å². The van der Waals surface area contributed by atoms with Gasteiger partial charge in [-0.05, 0) is 68.1 Å². The lowest BCUT2D eigenvalue weighted by atomic mass is 10.1. The van der Waals surface area contributed by atoms with Crippen LogP contribution in [0.25, 0.3) is 0 Å². The molecule has 0 bridgehead atoms. The predicted octanol–water partition coefficient (Wildman–Crippen LogP) is 3.17. The SMILES string of the molecule is Cc1cc(S(=O)(=O)Nc2cccc(F)c2)c(C)cc1N1CCCCS1(=O)=O. The lowest BCUT2D eigenvalue weighted by Gasteiger charge is -2.30. The fourth-order valence-electron chi connectivity index (χ4n) is 3.15. The number of aryl methyl sites for hydroxylation is 2. The first-order valence-corrected chi connectivity index (χ1v) is 11.6. The lowest BCUT2D eigenvalue weighted by molar-refractivity contribution is 0.574. The van der Waals surface area contributed by atoms with Crippen molar-refractivity contribution in [2.24, 2.45) is 0 Å². The molecule has 3 rings (SSSR count). The number of rotatable bonds is 4. The second-order valence-corrected chi connectivity index (χ2v) is 10.3. The maximum Gasteiger partial charge on any atom is 0.262 e. The summed E-state index contributed by atoms with van der Waals surface area (Å²) in [7, 11) is -7.34. The van der Waals surface area contributed by atoms with Gasteiger partial charge in [-0.3, -0.25) is 9.03 Å². The molecule has 0 saturated carbocycles. The first-order valence-electron chi connectivity index (χ1n) is 8.50. The van der Waals surface area contributed by atoms with E-state index in [2.05, 4.69) is 4.72 Å². The van der Waals surface area contributed by atoms with Crippen molar-refractivity contribution in [1.29, 1.82) is 0 Å². The normalized spacial score (nSPS) is 16.9. The minimum atomic E-state index is -3.94. The van der Waals surface area contributed by atoms with Gasteiger partial charge in [-0.1, -0.05) is 6.07 Å². The molecule has 9 heteroatoms. The van der Waals surface area contributed by atoms with Crippen molar-refractivity contribution in [3.05, 3.63) is 53.3 Å². The highest BCUT2D eigenvalue weighted by atomic mass is 32.2. The molecule has 0 atom stereocenters. The Balaban J connectivity index is 1.99. The summed E-state index contributed by atoms with van der Waals surface area (Å²) in [6, 6.07) is 8.22. The van der Waals surface area contributed by atoms with Gasteiger partial charge in [0.05, 0.1) is 22.0 Å². The summed E-state index contributed by atoms with van der Waals surface area (Å²) in [4.78, 5) is 0.0300. The predicted molar refractivity (Wildman–Crippen MR) is 103 cm³/mol. The number of nitrogens with zero attached hydrogens (tertiary/aromatic N) is 1. The second kappa shape index (κ2) is 7.12. The molecule has 1 heterocycles. The Morgan fingerprint density at radius 3 is 2.48 bits per heavy atom. The molecule has 0 radical (unpaired) electrons. The molecular formula is C18H21FN2O4S2. The van der Waals surface area contributed by atoms with E-state index in [4.69, 9.17) is 0 Å². The van der Waals surface area contributed by atoms with Gasteiger partial charge in [0.1, 0.15) is 5.82 Å². The van der Waals surface area contributed by atoms with E-state index >= 15 is 0 Å². The fraction of sp³-hybridized carbons (Fsp3) is 0.333. The number of sulfonamides is 2. The second-order valence-electron chi connectivity index (χ2n) is 6.62. The van der Waals surface area contributed by atoms with Crippen LogP contribution in [0.2, 0.25) is 0 Å². The van der Waals surface area contributed by atoms with Crippen molar-refractivity contribution in [3.8, 4) is 0 Å². The molecule has 1 aliphatic heterocycles. The molecule has 2 aromatic carbocycles. The van der Waals surface area contributed by atoms with Crippen molar-refractivity contribution in [2.45, 2.75) is 31.6 Å². The van der Waals surface area contributed by atoms with E-state index in [-0.39, 0.29) is 16.3 Å². The molecule has 1 fully saturated rings. The Hall–Kier alpha value is -2.13. The monoisotopic (exact) mass is 412 g/mol. The van der Waals surface area contributed by atoms with E-state index in [1.54, 1.807) is 19.9 Å². The van der Waals surface area contributed by atoms with Crippen molar-refractivity contribution >= 4 is 31.4 Å². The minimum absolute atomic E-state index is 0.0300. The Labute approximate surface area is 159 Å². The van der Waals surface area contributed by atoms with Crippen LogP contribution in [0.15, 0.2) is 41.3 Å². The van der Waals surface area contributed by atoms with Crippen LogP contribution in [0.1, 0.15) is 24.0 Å². The van der Waals surface area contributed by atoms with Crippen LogP contribution < -0.4 is 9.03 Å². The number of hydrogen-bond donors (Lipinski definition) is 1. The Kier molecular flexibility index (Phi) is 5.18. The molecule has 2 aromatic rings. The molecule has 6 nitrogen and oxygen atoms in total. The molecule has 0 amide bonds. The van der Waals surface area contributed by atoms with Crippen LogP contribution in [0.4, 0.5) is 15.8 Å². The fourth-order valence-corrected chi connectivity index (χ4v) is 6.21. The third-order valence-electron chi connectivity index (χ3n) is 4.48. The summed E-state index contributed by atoms with van der Waals surface area (Å²) < 4.78 is 67.2. The van der Waals surface area contributed by atoms with Gasteiger partial charge < -0.3 is 0 Å². The van der Waals surface area contributed by atoms with Crippen molar-refractivity contribution in [2.75, 3.05) is 21.3 Å². The highest BCUT2D eigenvalue weighted by Crippen LogP contribution is 2.31. The highest BCUT2D eigenvalue weighted by molar-refractivity contribution is 7.93. The number of benzene rings is 2. The number of hydrogen-bond acceptors (Lipinski definition) is 4. The van der Waals surface area contributed by atoms with Gasteiger partial charge in [0.25, 0.3) is 10.0 Å². The maximum absolute atomic E-state index is 13.3. The molecular weight excluding hydrogens is 391 g/mol. The molecule has 0 spiro atoms. The molecule has 0 aliphatic carbocycles. The molecule has 27 heavy (non-hydrogen) atoms. The summed E-state index contributed by atoms with van der Waals surface area (Å²) in [6.45, 7) is 3.68. The van der Waals surface area contributed by atoms with Crippen LogP contribution in [0, 0.1) is 19.7 Å². The molecule has 1 saturated heterocycles. The average Bonchev–Trinajstić information content (AvgIpc) is 2.56. The zero-order chi connectivity index (χ0) is 19.8. The van der Waals surface area contributed by atoms with Crippen LogP contribution in [0.3, 0.4) is 0 Å². The smallest absolute Gasteiger partial charge is 0.262 e. The maximum atomic E-state index is 13.3. The van der Waals surface area contributed by atoms with E-state index in [9.17, 15) is 21.2 Å². The lowest BCUT2D eigenvalue weighted by Crippen LogP contribution is -2.38. The van der Waals surface area contributed by atoms with E-state index < -0.39 is 25.9 Å². The molecule has 0 aromatic heterocycles. The third-order valence-corrected chi connectivity index (χ3v) is 7.86. The summed E-state index contributed by atoms with van der Waals surface area (Å²) in [5.41, 5.74) is 1.58. The summed E-state index contributed by atoms with van der Waals surface area (Å²) in [5.74, 6) is -0.458. The highest BCUT2D eigenvalue weighted by Gasteiger charge is 2.28. The largest absolute Gasteiger partial charge is 0.280 e. The van der Waals surface area contributed by atoms with Crippen molar-refractivity contribution < 1.29 is 21.2 Å². The Morgan fingerprint density at radius 2 is 1.81 bits per heavy atom. The molecule has 0 unspecified atom stereocenters. The van der Waals surface area contributed by atoms with Crippen LogP contribution >= 0.6 is 0 Å². The molecule has 146 valence electrons.